The number of carbonyl (C=O) groups excluding carboxylic acids is 1. The topological polar surface area (TPSA) is 51.7 Å². The molecule has 0 saturated heterocycles. The van der Waals surface area contributed by atoms with Crippen molar-refractivity contribution in [3.63, 3.8) is 0 Å². The second-order valence-corrected chi connectivity index (χ2v) is 8.58. The number of ether oxygens (including phenoxy) is 2. The highest BCUT2D eigenvalue weighted by atomic mass is 32.1. The molecule has 0 unspecified atom stereocenters. The van der Waals surface area contributed by atoms with E-state index in [9.17, 15) is 4.79 Å². The van der Waals surface area contributed by atoms with E-state index < -0.39 is 0 Å². The van der Waals surface area contributed by atoms with Crippen LogP contribution >= 0.6 is 11.3 Å². The molecule has 0 spiro atoms. The number of anilines is 1. The van der Waals surface area contributed by atoms with E-state index in [0.717, 1.165) is 39.9 Å². The fourth-order valence-corrected chi connectivity index (χ4v) is 4.28. The molecule has 2 heterocycles. The van der Waals surface area contributed by atoms with E-state index in [-0.39, 0.29) is 12.5 Å². The summed E-state index contributed by atoms with van der Waals surface area (Å²) >= 11 is 1.68. The average Bonchev–Trinajstić information content (AvgIpc) is 3.05. The van der Waals surface area contributed by atoms with Crippen LogP contribution < -0.4 is 14.4 Å². The van der Waals surface area contributed by atoms with Crippen molar-refractivity contribution in [3.8, 4) is 22.8 Å². The van der Waals surface area contributed by atoms with Crippen LogP contribution in [0, 0.1) is 20.8 Å². The van der Waals surface area contributed by atoms with Crippen LogP contribution in [0.15, 0.2) is 42.5 Å². The molecule has 0 aliphatic carbocycles. The Morgan fingerprint density at radius 1 is 1.14 bits per heavy atom. The number of hydrogen-bond acceptors (Lipinski definition) is 5. The summed E-state index contributed by atoms with van der Waals surface area (Å²) < 4.78 is 11.4. The van der Waals surface area contributed by atoms with Gasteiger partial charge in [0.1, 0.15) is 11.5 Å². The van der Waals surface area contributed by atoms with E-state index >= 15 is 0 Å². The fourth-order valence-electron chi connectivity index (χ4n) is 3.44. The standard InChI is InChI=1S/C23H24N2O3S/c1-15-5-8-19(9-6-15)27-12-4-11-25-20-13-18(23-16(2)29-17(3)24-23)7-10-21(20)28-14-22(25)26/h5-10,13H,4,11-12,14H2,1-3H3. The molecule has 1 aromatic heterocycles. The zero-order chi connectivity index (χ0) is 20.4. The lowest BCUT2D eigenvalue weighted by atomic mass is 10.1. The Morgan fingerprint density at radius 3 is 2.66 bits per heavy atom. The van der Waals surface area contributed by atoms with Crippen LogP contribution in [0.3, 0.4) is 0 Å². The molecule has 29 heavy (non-hydrogen) atoms. The van der Waals surface area contributed by atoms with Crippen LogP contribution in [-0.2, 0) is 4.79 Å². The Morgan fingerprint density at radius 2 is 1.93 bits per heavy atom. The first-order valence-corrected chi connectivity index (χ1v) is 10.5. The number of carbonyl (C=O) groups is 1. The van der Waals surface area contributed by atoms with E-state index in [0.29, 0.717) is 13.2 Å². The maximum absolute atomic E-state index is 12.5. The molecule has 0 bridgehead atoms. The normalized spacial score (nSPS) is 13.2. The minimum atomic E-state index is -0.0313. The molecule has 6 heteroatoms. The lowest BCUT2D eigenvalue weighted by Gasteiger charge is -2.29. The minimum absolute atomic E-state index is 0.0313. The number of rotatable bonds is 6. The van der Waals surface area contributed by atoms with Gasteiger partial charge in [-0.05, 0) is 57.5 Å². The van der Waals surface area contributed by atoms with Gasteiger partial charge in [0.15, 0.2) is 6.61 Å². The molecule has 1 aliphatic heterocycles. The Bertz CT molecular complexity index is 1030. The van der Waals surface area contributed by atoms with Crippen LogP contribution in [0.2, 0.25) is 0 Å². The number of hydrogen-bond donors (Lipinski definition) is 0. The monoisotopic (exact) mass is 408 g/mol. The van der Waals surface area contributed by atoms with Crippen LogP contribution in [0.25, 0.3) is 11.3 Å². The molecule has 0 atom stereocenters. The van der Waals surface area contributed by atoms with Crippen molar-refractivity contribution in [1.82, 2.24) is 4.98 Å². The zero-order valence-corrected chi connectivity index (χ0v) is 17.7. The predicted molar refractivity (Wildman–Crippen MR) is 116 cm³/mol. The molecule has 1 aliphatic rings. The molecular formula is C23H24N2O3S. The van der Waals surface area contributed by atoms with Gasteiger partial charge >= 0.3 is 0 Å². The van der Waals surface area contributed by atoms with Crippen molar-refractivity contribution in [2.75, 3.05) is 24.7 Å². The molecule has 3 aromatic rings. The van der Waals surface area contributed by atoms with Gasteiger partial charge < -0.3 is 14.4 Å². The van der Waals surface area contributed by atoms with Crippen LogP contribution in [0.1, 0.15) is 21.9 Å². The van der Waals surface area contributed by atoms with Crippen molar-refractivity contribution in [3.05, 3.63) is 57.9 Å². The summed E-state index contributed by atoms with van der Waals surface area (Å²) in [6.45, 7) is 7.33. The highest BCUT2D eigenvalue weighted by Crippen LogP contribution is 2.37. The quantitative estimate of drug-likeness (QED) is 0.543. The third-order valence-electron chi connectivity index (χ3n) is 4.89. The van der Waals surface area contributed by atoms with Gasteiger partial charge in [-0.1, -0.05) is 17.7 Å². The molecule has 150 valence electrons. The molecule has 4 rings (SSSR count). The highest BCUT2D eigenvalue weighted by Gasteiger charge is 2.26. The maximum atomic E-state index is 12.5. The van der Waals surface area contributed by atoms with E-state index in [1.165, 1.54) is 10.4 Å². The van der Waals surface area contributed by atoms with Crippen molar-refractivity contribution >= 4 is 22.9 Å². The number of benzene rings is 2. The molecular weight excluding hydrogens is 384 g/mol. The highest BCUT2D eigenvalue weighted by molar-refractivity contribution is 7.11. The molecule has 0 saturated carbocycles. The second kappa shape index (κ2) is 8.25. The average molecular weight is 409 g/mol. The number of amides is 1. The third kappa shape index (κ3) is 4.27. The predicted octanol–water partition coefficient (Wildman–Crippen LogP) is 4.93. The summed E-state index contributed by atoms with van der Waals surface area (Å²) in [5.74, 6) is 1.55. The minimum Gasteiger partial charge on any atom is -0.494 e. The summed E-state index contributed by atoms with van der Waals surface area (Å²) in [5, 5.41) is 1.03. The molecule has 5 nitrogen and oxygen atoms in total. The summed E-state index contributed by atoms with van der Waals surface area (Å²) in [6.07, 6.45) is 0.734. The van der Waals surface area contributed by atoms with Crippen molar-refractivity contribution in [1.29, 1.82) is 0 Å². The SMILES string of the molecule is Cc1ccc(OCCCN2C(=O)COc3ccc(-c4nc(C)sc4C)cc32)cc1. The van der Waals surface area contributed by atoms with E-state index in [2.05, 4.69) is 11.9 Å². The van der Waals surface area contributed by atoms with Crippen LogP contribution in [0.5, 0.6) is 11.5 Å². The Kier molecular flexibility index (Phi) is 5.53. The van der Waals surface area contributed by atoms with E-state index in [1.807, 2.05) is 56.3 Å². The Balaban J connectivity index is 1.48. The van der Waals surface area contributed by atoms with Crippen molar-refractivity contribution < 1.29 is 14.3 Å². The zero-order valence-electron chi connectivity index (χ0n) is 16.9. The summed E-state index contributed by atoms with van der Waals surface area (Å²) in [4.78, 5) is 20.1. The molecule has 0 radical (unpaired) electrons. The van der Waals surface area contributed by atoms with Gasteiger partial charge in [-0.15, -0.1) is 11.3 Å². The van der Waals surface area contributed by atoms with Gasteiger partial charge in [-0.25, -0.2) is 4.98 Å². The van der Waals surface area contributed by atoms with Gasteiger partial charge in [-0.3, -0.25) is 4.79 Å². The Labute approximate surface area is 174 Å². The van der Waals surface area contributed by atoms with Gasteiger partial charge in [-0.2, -0.15) is 0 Å². The van der Waals surface area contributed by atoms with Crippen molar-refractivity contribution in [2.45, 2.75) is 27.2 Å². The second-order valence-electron chi connectivity index (χ2n) is 7.17. The molecule has 0 fully saturated rings. The van der Waals surface area contributed by atoms with E-state index in [1.54, 1.807) is 16.2 Å². The van der Waals surface area contributed by atoms with Gasteiger partial charge in [0, 0.05) is 17.0 Å². The molecule has 2 aromatic carbocycles. The summed E-state index contributed by atoms with van der Waals surface area (Å²) in [7, 11) is 0. The molecule has 1 amide bonds. The lowest BCUT2D eigenvalue weighted by molar-refractivity contribution is -0.121. The molecule has 0 N–H and O–H groups in total. The van der Waals surface area contributed by atoms with E-state index in [4.69, 9.17) is 9.47 Å². The number of thiazole rings is 1. The van der Waals surface area contributed by atoms with Gasteiger partial charge in [0.25, 0.3) is 5.91 Å². The number of nitrogens with zero attached hydrogens (tertiary/aromatic N) is 2. The number of fused-ring (bicyclic) bond motifs is 1. The third-order valence-corrected chi connectivity index (χ3v) is 5.78. The first kappa shape index (κ1) is 19.5. The number of aromatic nitrogens is 1. The summed E-state index contributed by atoms with van der Waals surface area (Å²) in [5.41, 5.74) is 3.98. The number of aryl methyl sites for hydroxylation is 3. The summed E-state index contributed by atoms with van der Waals surface area (Å²) in [6, 6.07) is 13.9. The first-order chi connectivity index (χ1) is 14.0. The van der Waals surface area contributed by atoms with Crippen molar-refractivity contribution in [2.24, 2.45) is 0 Å². The largest absolute Gasteiger partial charge is 0.494 e. The lowest BCUT2D eigenvalue weighted by Crippen LogP contribution is -2.39. The maximum Gasteiger partial charge on any atom is 0.265 e. The fraction of sp³-hybridized carbons (Fsp3) is 0.304. The van der Waals surface area contributed by atoms with Gasteiger partial charge in [0.2, 0.25) is 0 Å². The Hall–Kier alpha value is -2.86. The van der Waals surface area contributed by atoms with Crippen LogP contribution in [-0.4, -0.2) is 30.6 Å². The van der Waals surface area contributed by atoms with Crippen LogP contribution in [0.4, 0.5) is 5.69 Å². The first-order valence-electron chi connectivity index (χ1n) is 9.72. The van der Waals surface area contributed by atoms with Gasteiger partial charge in [0.05, 0.1) is 23.0 Å². The smallest absolute Gasteiger partial charge is 0.265 e.